The smallest absolute Gasteiger partial charge is 0.155 e. The monoisotopic (exact) mass is 163 g/mol. The second kappa shape index (κ2) is 2.57. The third-order valence-corrected chi connectivity index (χ3v) is 1.68. The molecule has 0 saturated carbocycles. The Bertz CT molecular complexity index is 408. The molecule has 0 aliphatic rings. The van der Waals surface area contributed by atoms with Gasteiger partial charge in [-0.1, -0.05) is 0 Å². The molecule has 4 heteroatoms. The van der Waals surface area contributed by atoms with E-state index in [2.05, 4.69) is 9.97 Å². The molecule has 0 radical (unpaired) electrons. The van der Waals surface area contributed by atoms with Gasteiger partial charge in [0.05, 0.1) is 24.2 Å². The third kappa shape index (κ3) is 1.06. The summed E-state index contributed by atoms with van der Waals surface area (Å²) < 4.78 is 1.86. The van der Waals surface area contributed by atoms with E-state index in [4.69, 9.17) is 5.11 Å². The van der Waals surface area contributed by atoms with Gasteiger partial charge < -0.3 is 9.51 Å². The van der Waals surface area contributed by atoms with Gasteiger partial charge in [0.25, 0.3) is 0 Å². The average Bonchev–Trinajstić information content (AvgIpc) is 2.43. The summed E-state index contributed by atoms with van der Waals surface area (Å²) in [5, 5.41) is 8.81. The summed E-state index contributed by atoms with van der Waals surface area (Å²) in [6, 6.07) is 0. The summed E-state index contributed by atoms with van der Waals surface area (Å²) in [7, 11) is 0. The fourth-order valence-electron chi connectivity index (χ4n) is 1.15. The molecule has 62 valence electrons. The molecule has 12 heavy (non-hydrogen) atoms. The molecule has 2 heterocycles. The summed E-state index contributed by atoms with van der Waals surface area (Å²) >= 11 is 0. The Hall–Kier alpha value is -1.42. The molecule has 0 spiro atoms. The lowest BCUT2D eigenvalue weighted by molar-refractivity contribution is 0.276. The van der Waals surface area contributed by atoms with Crippen molar-refractivity contribution in [1.29, 1.82) is 0 Å². The maximum Gasteiger partial charge on any atom is 0.155 e. The SMILES string of the molecule is Cc1cn2cc(CO)ncc2n1. The van der Waals surface area contributed by atoms with Crippen LogP contribution >= 0.6 is 0 Å². The molecule has 2 aromatic heterocycles. The number of rotatable bonds is 1. The summed E-state index contributed by atoms with van der Waals surface area (Å²) in [5.74, 6) is 0. The normalized spacial score (nSPS) is 10.8. The molecule has 2 aromatic rings. The Labute approximate surface area is 69.5 Å². The third-order valence-electron chi connectivity index (χ3n) is 1.68. The van der Waals surface area contributed by atoms with E-state index >= 15 is 0 Å². The topological polar surface area (TPSA) is 50.4 Å². The number of fused-ring (bicyclic) bond motifs is 1. The molecule has 0 saturated heterocycles. The molecule has 0 atom stereocenters. The van der Waals surface area contributed by atoms with E-state index in [0.717, 1.165) is 11.3 Å². The predicted molar refractivity (Wildman–Crippen MR) is 43.6 cm³/mol. The van der Waals surface area contributed by atoms with Gasteiger partial charge in [-0.15, -0.1) is 0 Å². The largest absolute Gasteiger partial charge is 0.390 e. The highest BCUT2D eigenvalue weighted by Gasteiger charge is 1.98. The second-order valence-electron chi connectivity index (χ2n) is 2.68. The van der Waals surface area contributed by atoms with Crippen LogP contribution in [0.1, 0.15) is 11.4 Å². The van der Waals surface area contributed by atoms with Crippen LogP contribution in [0.5, 0.6) is 0 Å². The molecule has 0 aromatic carbocycles. The van der Waals surface area contributed by atoms with E-state index in [1.807, 2.05) is 17.5 Å². The first-order chi connectivity index (χ1) is 5.79. The molecule has 2 rings (SSSR count). The lowest BCUT2D eigenvalue weighted by Crippen LogP contribution is -1.92. The number of nitrogens with zero attached hydrogens (tertiary/aromatic N) is 3. The molecule has 0 aliphatic heterocycles. The Morgan fingerprint density at radius 2 is 2.33 bits per heavy atom. The van der Waals surface area contributed by atoms with Crippen molar-refractivity contribution < 1.29 is 5.11 Å². The Morgan fingerprint density at radius 1 is 1.50 bits per heavy atom. The quantitative estimate of drug-likeness (QED) is 0.667. The van der Waals surface area contributed by atoms with Crippen LogP contribution in [-0.2, 0) is 6.61 Å². The fourth-order valence-corrected chi connectivity index (χ4v) is 1.15. The molecule has 0 bridgehead atoms. The second-order valence-corrected chi connectivity index (χ2v) is 2.68. The van der Waals surface area contributed by atoms with Gasteiger partial charge in [0.1, 0.15) is 0 Å². The zero-order chi connectivity index (χ0) is 8.55. The van der Waals surface area contributed by atoms with Crippen LogP contribution in [0.15, 0.2) is 18.6 Å². The highest BCUT2D eigenvalue weighted by molar-refractivity contribution is 5.37. The molecule has 0 aliphatic carbocycles. The van der Waals surface area contributed by atoms with E-state index < -0.39 is 0 Å². The summed E-state index contributed by atoms with van der Waals surface area (Å²) in [5.41, 5.74) is 2.41. The standard InChI is InChI=1S/C8H9N3O/c1-6-3-11-4-7(5-12)9-2-8(11)10-6/h2-4,12H,5H2,1H3. The number of imidazole rings is 1. The van der Waals surface area contributed by atoms with Gasteiger partial charge in [-0.05, 0) is 6.92 Å². The first-order valence-electron chi connectivity index (χ1n) is 3.70. The number of aliphatic hydroxyl groups excluding tert-OH is 1. The van der Waals surface area contributed by atoms with E-state index in [1.54, 1.807) is 12.4 Å². The summed E-state index contributed by atoms with van der Waals surface area (Å²) in [6.07, 6.45) is 5.32. The highest BCUT2D eigenvalue weighted by Crippen LogP contribution is 2.03. The Balaban J connectivity index is 2.66. The van der Waals surface area contributed by atoms with Gasteiger partial charge in [-0.3, -0.25) is 4.98 Å². The molecular weight excluding hydrogens is 154 g/mol. The zero-order valence-corrected chi connectivity index (χ0v) is 6.73. The molecule has 0 amide bonds. The summed E-state index contributed by atoms with van der Waals surface area (Å²) in [6.45, 7) is 1.89. The van der Waals surface area contributed by atoms with Crippen LogP contribution in [0.4, 0.5) is 0 Å². The number of aryl methyl sites for hydroxylation is 1. The number of hydrogen-bond donors (Lipinski definition) is 1. The van der Waals surface area contributed by atoms with Gasteiger partial charge in [0.15, 0.2) is 5.65 Å². The van der Waals surface area contributed by atoms with Crippen LogP contribution in [-0.4, -0.2) is 19.5 Å². The van der Waals surface area contributed by atoms with Crippen LogP contribution < -0.4 is 0 Å². The predicted octanol–water partition coefficient (Wildman–Crippen LogP) is 0.530. The van der Waals surface area contributed by atoms with Crippen molar-refractivity contribution in [1.82, 2.24) is 14.4 Å². The minimum absolute atomic E-state index is 0.0346. The van der Waals surface area contributed by atoms with Crippen molar-refractivity contribution in [3.8, 4) is 0 Å². The van der Waals surface area contributed by atoms with Crippen LogP contribution in [0, 0.1) is 6.92 Å². The van der Waals surface area contributed by atoms with E-state index in [9.17, 15) is 0 Å². The molecular formula is C8H9N3O. The average molecular weight is 163 g/mol. The van der Waals surface area contributed by atoms with Crippen LogP contribution in [0.3, 0.4) is 0 Å². The van der Waals surface area contributed by atoms with Gasteiger partial charge in [0.2, 0.25) is 0 Å². The minimum atomic E-state index is -0.0346. The Morgan fingerprint density at radius 3 is 3.08 bits per heavy atom. The van der Waals surface area contributed by atoms with Crippen molar-refractivity contribution >= 4 is 5.65 Å². The van der Waals surface area contributed by atoms with E-state index in [0.29, 0.717) is 5.69 Å². The van der Waals surface area contributed by atoms with Crippen molar-refractivity contribution in [3.63, 3.8) is 0 Å². The van der Waals surface area contributed by atoms with Crippen molar-refractivity contribution in [2.24, 2.45) is 0 Å². The van der Waals surface area contributed by atoms with Crippen LogP contribution in [0.25, 0.3) is 5.65 Å². The maximum absolute atomic E-state index is 8.81. The van der Waals surface area contributed by atoms with Crippen molar-refractivity contribution in [3.05, 3.63) is 30.0 Å². The van der Waals surface area contributed by atoms with Crippen molar-refractivity contribution in [2.75, 3.05) is 0 Å². The van der Waals surface area contributed by atoms with Gasteiger partial charge in [-0.25, -0.2) is 4.98 Å². The van der Waals surface area contributed by atoms with Crippen LogP contribution in [0.2, 0.25) is 0 Å². The molecule has 0 fully saturated rings. The van der Waals surface area contributed by atoms with Gasteiger partial charge >= 0.3 is 0 Å². The maximum atomic E-state index is 8.81. The van der Waals surface area contributed by atoms with E-state index in [1.165, 1.54) is 0 Å². The van der Waals surface area contributed by atoms with Gasteiger partial charge in [0, 0.05) is 12.4 Å². The van der Waals surface area contributed by atoms with Gasteiger partial charge in [-0.2, -0.15) is 0 Å². The van der Waals surface area contributed by atoms with Crippen molar-refractivity contribution in [2.45, 2.75) is 13.5 Å². The molecule has 0 unspecified atom stereocenters. The first-order valence-corrected chi connectivity index (χ1v) is 3.70. The summed E-state index contributed by atoms with van der Waals surface area (Å²) in [4.78, 5) is 8.21. The highest BCUT2D eigenvalue weighted by atomic mass is 16.3. The van der Waals surface area contributed by atoms with E-state index in [-0.39, 0.29) is 6.61 Å². The number of hydrogen-bond acceptors (Lipinski definition) is 3. The number of aliphatic hydroxyl groups is 1. The zero-order valence-electron chi connectivity index (χ0n) is 6.73. The Kier molecular flexibility index (Phi) is 1.55. The number of aromatic nitrogens is 3. The first kappa shape index (κ1) is 7.24. The molecule has 4 nitrogen and oxygen atoms in total. The fraction of sp³-hybridized carbons (Fsp3) is 0.250. The minimum Gasteiger partial charge on any atom is -0.390 e. The lowest BCUT2D eigenvalue weighted by atomic mass is 10.5. The lowest BCUT2D eigenvalue weighted by Gasteiger charge is -1.95. The molecule has 1 N–H and O–H groups in total.